The smallest absolute Gasteiger partial charge is 0.112 e. The zero-order chi connectivity index (χ0) is 14.8. The van der Waals surface area contributed by atoms with Gasteiger partial charge in [0.2, 0.25) is 0 Å². The van der Waals surface area contributed by atoms with Gasteiger partial charge < -0.3 is 9.47 Å². The summed E-state index contributed by atoms with van der Waals surface area (Å²) in [5, 5.41) is 1.39. The van der Waals surface area contributed by atoms with Gasteiger partial charge in [-0.1, -0.05) is 18.2 Å². The van der Waals surface area contributed by atoms with E-state index < -0.39 is 0 Å². The second-order valence-electron chi connectivity index (χ2n) is 5.68. The van der Waals surface area contributed by atoms with Gasteiger partial charge >= 0.3 is 0 Å². The SMILES string of the molecule is CN(C)CCc1sc2ccccc2c1Cc1nccn1C. The lowest BCUT2D eigenvalue weighted by molar-refractivity contribution is 0.414. The lowest BCUT2D eigenvalue weighted by atomic mass is 10.1. The Morgan fingerprint density at radius 2 is 2.05 bits per heavy atom. The molecule has 0 aliphatic carbocycles. The summed E-state index contributed by atoms with van der Waals surface area (Å²) in [4.78, 5) is 8.23. The van der Waals surface area contributed by atoms with Crippen molar-refractivity contribution >= 4 is 21.4 Å². The van der Waals surface area contributed by atoms with Crippen LogP contribution in [0.4, 0.5) is 0 Å². The first kappa shape index (κ1) is 14.3. The fraction of sp³-hybridized carbons (Fsp3) is 0.353. The van der Waals surface area contributed by atoms with E-state index in [0.717, 1.165) is 25.2 Å². The van der Waals surface area contributed by atoms with E-state index in [0.29, 0.717) is 0 Å². The highest BCUT2D eigenvalue weighted by atomic mass is 32.1. The number of nitrogens with zero attached hydrogens (tertiary/aromatic N) is 3. The molecular weight excluding hydrogens is 278 g/mol. The zero-order valence-electron chi connectivity index (χ0n) is 12.8. The van der Waals surface area contributed by atoms with Gasteiger partial charge in [0.25, 0.3) is 0 Å². The van der Waals surface area contributed by atoms with Gasteiger partial charge in [0.1, 0.15) is 5.82 Å². The van der Waals surface area contributed by atoms with E-state index >= 15 is 0 Å². The highest BCUT2D eigenvalue weighted by molar-refractivity contribution is 7.19. The van der Waals surface area contributed by atoms with Crippen LogP contribution in [-0.2, 0) is 19.9 Å². The van der Waals surface area contributed by atoms with Crippen molar-refractivity contribution in [3.05, 3.63) is 52.9 Å². The van der Waals surface area contributed by atoms with Crippen molar-refractivity contribution in [2.45, 2.75) is 12.8 Å². The average Bonchev–Trinajstić information content (AvgIpc) is 3.02. The van der Waals surface area contributed by atoms with Crippen LogP contribution in [0.25, 0.3) is 10.1 Å². The quantitative estimate of drug-likeness (QED) is 0.720. The third-order valence-electron chi connectivity index (χ3n) is 3.82. The molecule has 4 heteroatoms. The molecule has 3 nitrogen and oxygen atoms in total. The number of thiophene rings is 1. The van der Waals surface area contributed by atoms with Crippen molar-refractivity contribution in [1.29, 1.82) is 0 Å². The summed E-state index contributed by atoms with van der Waals surface area (Å²) < 4.78 is 3.50. The van der Waals surface area contributed by atoms with E-state index in [1.54, 1.807) is 0 Å². The molecule has 0 saturated heterocycles. The van der Waals surface area contributed by atoms with Crippen LogP contribution in [0.2, 0.25) is 0 Å². The van der Waals surface area contributed by atoms with Crippen LogP contribution < -0.4 is 0 Å². The molecule has 0 radical (unpaired) electrons. The molecule has 0 aliphatic heterocycles. The molecule has 0 unspecified atom stereocenters. The Bertz CT molecular complexity index is 739. The second kappa shape index (κ2) is 6.00. The van der Waals surface area contributed by atoms with Crippen molar-refractivity contribution < 1.29 is 0 Å². The van der Waals surface area contributed by atoms with Crippen LogP contribution in [0.5, 0.6) is 0 Å². The summed E-state index contributed by atoms with van der Waals surface area (Å²) in [5.74, 6) is 1.13. The Hall–Kier alpha value is -1.65. The van der Waals surface area contributed by atoms with Crippen LogP contribution in [0.15, 0.2) is 36.7 Å². The van der Waals surface area contributed by atoms with Gasteiger partial charge in [-0.25, -0.2) is 4.98 Å². The zero-order valence-corrected chi connectivity index (χ0v) is 13.7. The molecule has 1 aromatic carbocycles. The Kier molecular flexibility index (Phi) is 4.08. The second-order valence-corrected chi connectivity index (χ2v) is 6.82. The molecule has 0 bridgehead atoms. The minimum Gasteiger partial charge on any atom is -0.338 e. The number of hydrogen-bond acceptors (Lipinski definition) is 3. The van der Waals surface area contributed by atoms with Crippen LogP contribution in [0.3, 0.4) is 0 Å². The van der Waals surface area contributed by atoms with Crippen molar-refractivity contribution in [3.63, 3.8) is 0 Å². The monoisotopic (exact) mass is 299 g/mol. The maximum absolute atomic E-state index is 4.49. The van der Waals surface area contributed by atoms with Gasteiger partial charge in [-0.3, -0.25) is 0 Å². The van der Waals surface area contributed by atoms with E-state index in [9.17, 15) is 0 Å². The first-order valence-electron chi connectivity index (χ1n) is 7.25. The predicted octanol–water partition coefficient (Wildman–Crippen LogP) is 3.33. The molecular formula is C17H21N3S. The molecule has 110 valence electrons. The molecule has 0 spiro atoms. The maximum Gasteiger partial charge on any atom is 0.112 e. The van der Waals surface area contributed by atoms with E-state index in [1.807, 2.05) is 23.7 Å². The Morgan fingerprint density at radius 1 is 1.24 bits per heavy atom. The van der Waals surface area contributed by atoms with E-state index in [4.69, 9.17) is 0 Å². The third kappa shape index (κ3) is 3.01. The average molecular weight is 299 g/mol. The Labute approximate surface area is 129 Å². The molecule has 0 fully saturated rings. The van der Waals surface area contributed by atoms with Gasteiger partial charge in [-0.15, -0.1) is 11.3 Å². The molecule has 21 heavy (non-hydrogen) atoms. The van der Waals surface area contributed by atoms with E-state index in [-0.39, 0.29) is 0 Å². The molecule has 3 aromatic rings. The summed E-state index contributed by atoms with van der Waals surface area (Å²) in [5.41, 5.74) is 1.45. The Balaban J connectivity index is 2.00. The normalized spacial score (nSPS) is 11.6. The van der Waals surface area contributed by atoms with Crippen LogP contribution in [0, 0.1) is 0 Å². The molecule has 3 rings (SSSR count). The topological polar surface area (TPSA) is 21.1 Å². The van der Waals surface area contributed by atoms with Gasteiger partial charge in [-0.05, 0) is 37.5 Å². The van der Waals surface area contributed by atoms with Crippen LogP contribution >= 0.6 is 11.3 Å². The molecule has 2 aromatic heterocycles. The number of hydrogen-bond donors (Lipinski definition) is 0. The number of likely N-dealkylation sites (N-methyl/N-ethyl adjacent to an activating group) is 1. The van der Waals surface area contributed by atoms with Gasteiger partial charge in [0, 0.05) is 42.0 Å². The third-order valence-corrected chi connectivity index (χ3v) is 5.10. The molecule has 0 saturated carbocycles. The fourth-order valence-electron chi connectivity index (χ4n) is 2.60. The summed E-state index contributed by atoms with van der Waals surface area (Å²) in [7, 11) is 6.33. The standard InChI is InChI=1S/C17H21N3S/c1-19(2)10-8-16-14(12-17-18-9-11-20(17)3)13-6-4-5-7-15(13)21-16/h4-7,9,11H,8,10,12H2,1-3H3. The lowest BCUT2D eigenvalue weighted by Crippen LogP contribution is -2.15. The molecule has 2 heterocycles. The highest BCUT2D eigenvalue weighted by Gasteiger charge is 2.14. The van der Waals surface area contributed by atoms with Gasteiger partial charge in [0.05, 0.1) is 0 Å². The summed E-state index contributed by atoms with van der Waals surface area (Å²) in [6, 6.07) is 8.72. The van der Waals surface area contributed by atoms with Crippen LogP contribution in [0.1, 0.15) is 16.3 Å². The number of aryl methyl sites for hydroxylation is 1. The first-order valence-corrected chi connectivity index (χ1v) is 8.07. The number of fused-ring (bicyclic) bond motifs is 1. The molecule has 0 atom stereocenters. The summed E-state index contributed by atoms with van der Waals surface area (Å²) >= 11 is 1.93. The highest BCUT2D eigenvalue weighted by Crippen LogP contribution is 2.33. The minimum atomic E-state index is 0.913. The maximum atomic E-state index is 4.49. The van der Waals surface area contributed by atoms with Gasteiger partial charge in [-0.2, -0.15) is 0 Å². The molecule has 0 aliphatic rings. The lowest BCUT2D eigenvalue weighted by Gasteiger charge is -2.10. The molecule has 0 amide bonds. The fourth-order valence-corrected chi connectivity index (χ4v) is 3.81. The van der Waals surface area contributed by atoms with Crippen molar-refractivity contribution in [2.24, 2.45) is 7.05 Å². The predicted molar refractivity (Wildman–Crippen MR) is 90.1 cm³/mol. The van der Waals surface area contributed by atoms with Crippen molar-refractivity contribution in [2.75, 3.05) is 20.6 Å². The van der Waals surface area contributed by atoms with Crippen molar-refractivity contribution in [3.8, 4) is 0 Å². The largest absolute Gasteiger partial charge is 0.338 e. The summed E-state index contributed by atoms with van der Waals surface area (Å²) in [6.07, 6.45) is 5.91. The van der Waals surface area contributed by atoms with Crippen molar-refractivity contribution in [1.82, 2.24) is 14.5 Å². The Morgan fingerprint density at radius 3 is 2.76 bits per heavy atom. The number of rotatable bonds is 5. The van der Waals surface area contributed by atoms with E-state index in [2.05, 4.69) is 59.9 Å². The van der Waals surface area contributed by atoms with Gasteiger partial charge in [0.15, 0.2) is 0 Å². The number of benzene rings is 1. The molecule has 0 N–H and O–H groups in total. The summed E-state index contributed by atoms with van der Waals surface area (Å²) in [6.45, 7) is 1.08. The number of imidazole rings is 1. The van der Waals surface area contributed by atoms with Crippen LogP contribution in [-0.4, -0.2) is 35.1 Å². The minimum absolute atomic E-state index is 0.913. The number of aromatic nitrogens is 2. The first-order chi connectivity index (χ1) is 10.1. The van der Waals surface area contributed by atoms with E-state index in [1.165, 1.54) is 20.5 Å².